The average molecular weight is 441 g/mol. The molecule has 6 nitrogen and oxygen atoms in total. The van der Waals surface area contributed by atoms with Crippen molar-refractivity contribution in [2.75, 3.05) is 13.7 Å². The minimum absolute atomic E-state index is 0.0596. The van der Waals surface area contributed by atoms with Crippen LogP contribution in [0.25, 0.3) is 0 Å². The molecular formula is C26H36N2O4. The normalized spacial score (nSPS) is 12.5. The van der Waals surface area contributed by atoms with Gasteiger partial charge in [-0.25, -0.2) is 0 Å². The first-order valence-electron chi connectivity index (χ1n) is 11.4. The van der Waals surface area contributed by atoms with Crippen LogP contribution in [-0.4, -0.2) is 42.5 Å². The third-order valence-corrected chi connectivity index (χ3v) is 5.42. The molecule has 2 rings (SSSR count). The summed E-state index contributed by atoms with van der Waals surface area (Å²) in [7, 11) is 1.61. The molecule has 0 aliphatic rings. The van der Waals surface area contributed by atoms with Crippen molar-refractivity contribution in [3.05, 3.63) is 60.2 Å². The van der Waals surface area contributed by atoms with E-state index >= 15 is 0 Å². The standard InChI is InChI=1S/C26H36N2O4/c1-5-20(3)27-26(30)24(6-2)28(19-21-12-10-15-23(18-21)31-4)25(29)16-11-17-32-22-13-8-7-9-14-22/h7-10,12-15,18,20,24H,5-6,11,16-17,19H2,1-4H3,(H,27,30)/t20-,24+/m1/s1. The van der Waals surface area contributed by atoms with Gasteiger partial charge in [0.2, 0.25) is 11.8 Å². The van der Waals surface area contributed by atoms with Gasteiger partial charge in [0, 0.05) is 19.0 Å². The van der Waals surface area contributed by atoms with Gasteiger partial charge >= 0.3 is 0 Å². The van der Waals surface area contributed by atoms with Crippen molar-refractivity contribution in [2.24, 2.45) is 0 Å². The van der Waals surface area contributed by atoms with Crippen LogP contribution in [0, 0.1) is 0 Å². The van der Waals surface area contributed by atoms with Crippen molar-refractivity contribution in [3.63, 3.8) is 0 Å². The van der Waals surface area contributed by atoms with Crippen molar-refractivity contribution >= 4 is 11.8 Å². The summed E-state index contributed by atoms with van der Waals surface area (Å²) >= 11 is 0. The summed E-state index contributed by atoms with van der Waals surface area (Å²) in [5.41, 5.74) is 0.924. The second-order valence-electron chi connectivity index (χ2n) is 7.88. The molecule has 0 heterocycles. The van der Waals surface area contributed by atoms with Crippen LogP contribution in [0.5, 0.6) is 11.5 Å². The lowest BCUT2D eigenvalue weighted by Gasteiger charge is -2.31. The Hall–Kier alpha value is -3.02. The molecule has 2 aromatic carbocycles. The molecule has 0 aliphatic carbocycles. The number of hydrogen-bond acceptors (Lipinski definition) is 4. The molecule has 2 amide bonds. The maximum Gasteiger partial charge on any atom is 0.243 e. The molecule has 1 N–H and O–H groups in total. The number of methoxy groups -OCH3 is 1. The summed E-state index contributed by atoms with van der Waals surface area (Å²) in [4.78, 5) is 27.9. The summed E-state index contributed by atoms with van der Waals surface area (Å²) in [5, 5.41) is 3.03. The number of nitrogens with zero attached hydrogens (tertiary/aromatic N) is 1. The number of hydrogen-bond donors (Lipinski definition) is 1. The zero-order valence-electron chi connectivity index (χ0n) is 19.7. The molecule has 0 bridgehead atoms. The molecular weight excluding hydrogens is 404 g/mol. The van der Waals surface area contributed by atoms with Crippen LogP contribution in [0.2, 0.25) is 0 Å². The predicted octanol–water partition coefficient (Wildman–Crippen LogP) is 4.58. The molecule has 0 saturated carbocycles. The second kappa shape index (κ2) is 13.4. The molecule has 0 radical (unpaired) electrons. The number of para-hydroxylation sites is 1. The van der Waals surface area contributed by atoms with Crippen molar-refractivity contribution in [1.82, 2.24) is 10.2 Å². The Balaban J connectivity index is 2.09. The fraction of sp³-hybridized carbons (Fsp3) is 0.462. The highest BCUT2D eigenvalue weighted by molar-refractivity contribution is 5.87. The predicted molar refractivity (Wildman–Crippen MR) is 127 cm³/mol. The summed E-state index contributed by atoms with van der Waals surface area (Å²) in [6.07, 6.45) is 2.26. The molecule has 0 spiro atoms. The molecule has 0 aliphatic heterocycles. The minimum atomic E-state index is -0.530. The van der Waals surface area contributed by atoms with E-state index < -0.39 is 6.04 Å². The topological polar surface area (TPSA) is 67.9 Å². The van der Waals surface area contributed by atoms with Crippen molar-refractivity contribution in [1.29, 1.82) is 0 Å². The SMILES string of the molecule is CC[C@@H](C)NC(=O)[C@H](CC)N(Cc1cccc(OC)c1)C(=O)CCCOc1ccccc1. The largest absolute Gasteiger partial charge is 0.497 e. The Morgan fingerprint density at radius 1 is 1.00 bits per heavy atom. The van der Waals surface area contributed by atoms with Gasteiger partial charge in [0.05, 0.1) is 13.7 Å². The quantitative estimate of drug-likeness (QED) is 0.463. The fourth-order valence-corrected chi connectivity index (χ4v) is 3.40. The molecule has 0 saturated heterocycles. The van der Waals surface area contributed by atoms with E-state index in [0.29, 0.717) is 32.4 Å². The van der Waals surface area contributed by atoms with E-state index in [9.17, 15) is 9.59 Å². The van der Waals surface area contributed by atoms with E-state index in [0.717, 1.165) is 23.5 Å². The van der Waals surface area contributed by atoms with Crippen LogP contribution >= 0.6 is 0 Å². The monoisotopic (exact) mass is 440 g/mol. The summed E-state index contributed by atoms with van der Waals surface area (Å²) in [6, 6.07) is 16.7. The van der Waals surface area contributed by atoms with E-state index in [4.69, 9.17) is 9.47 Å². The smallest absolute Gasteiger partial charge is 0.243 e. The number of nitrogens with one attached hydrogen (secondary N) is 1. The number of rotatable bonds is 13. The van der Waals surface area contributed by atoms with Gasteiger partial charge in [-0.1, -0.05) is 44.2 Å². The third-order valence-electron chi connectivity index (χ3n) is 5.42. The van der Waals surface area contributed by atoms with Gasteiger partial charge in [0.15, 0.2) is 0 Å². The fourth-order valence-electron chi connectivity index (χ4n) is 3.40. The lowest BCUT2D eigenvalue weighted by atomic mass is 10.1. The first kappa shape index (κ1) is 25.2. The van der Waals surface area contributed by atoms with Crippen LogP contribution < -0.4 is 14.8 Å². The lowest BCUT2D eigenvalue weighted by Crippen LogP contribution is -2.50. The number of benzene rings is 2. The summed E-state index contributed by atoms with van der Waals surface area (Å²) < 4.78 is 11.0. The van der Waals surface area contributed by atoms with Crippen molar-refractivity contribution in [2.45, 2.75) is 65.1 Å². The zero-order chi connectivity index (χ0) is 23.3. The highest BCUT2D eigenvalue weighted by Crippen LogP contribution is 2.19. The second-order valence-corrected chi connectivity index (χ2v) is 7.88. The van der Waals surface area contributed by atoms with E-state index in [1.807, 2.05) is 75.4 Å². The van der Waals surface area contributed by atoms with Crippen molar-refractivity contribution in [3.8, 4) is 11.5 Å². The van der Waals surface area contributed by atoms with Crippen LogP contribution in [0.3, 0.4) is 0 Å². The van der Waals surface area contributed by atoms with Crippen LogP contribution in [0.1, 0.15) is 52.0 Å². The van der Waals surface area contributed by atoms with E-state index in [-0.39, 0.29) is 17.9 Å². The number of ether oxygens (including phenoxy) is 2. The van der Waals surface area contributed by atoms with Gasteiger partial charge in [-0.3, -0.25) is 9.59 Å². The average Bonchev–Trinajstić information content (AvgIpc) is 2.82. The van der Waals surface area contributed by atoms with Gasteiger partial charge in [-0.15, -0.1) is 0 Å². The molecule has 2 aromatic rings. The molecule has 6 heteroatoms. The molecule has 0 aromatic heterocycles. The summed E-state index contributed by atoms with van der Waals surface area (Å²) in [6.45, 7) is 6.73. The van der Waals surface area contributed by atoms with E-state index in [1.165, 1.54) is 0 Å². The van der Waals surface area contributed by atoms with Gasteiger partial charge in [-0.2, -0.15) is 0 Å². The highest BCUT2D eigenvalue weighted by atomic mass is 16.5. The zero-order valence-corrected chi connectivity index (χ0v) is 19.7. The maximum atomic E-state index is 13.2. The Morgan fingerprint density at radius 2 is 1.72 bits per heavy atom. The van der Waals surface area contributed by atoms with E-state index in [2.05, 4.69) is 5.32 Å². The number of amides is 2. The Bertz CT molecular complexity index is 841. The molecule has 2 atom stereocenters. The molecule has 0 unspecified atom stereocenters. The highest BCUT2D eigenvalue weighted by Gasteiger charge is 2.29. The van der Waals surface area contributed by atoms with Crippen LogP contribution in [0.4, 0.5) is 0 Å². The Labute approximate surface area is 191 Å². The van der Waals surface area contributed by atoms with Crippen LogP contribution in [-0.2, 0) is 16.1 Å². The molecule has 174 valence electrons. The first-order valence-corrected chi connectivity index (χ1v) is 11.4. The molecule has 0 fully saturated rings. The first-order chi connectivity index (χ1) is 15.5. The molecule has 32 heavy (non-hydrogen) atoms. The van der Waals surface area contributed by atoms with Gasteiger partial charge < -0.3 is 19.7 Å². The van der Waals surface area contributed by atoms with Gasteiger partial charge in [0.1, 0.15) is 17.5 Å². The van der Waals surface area contributed by atoms with Crippen molar-refractivity contribution < 1.29 is 19.1 Å². The minimum Gasteiger partial charge on any atom is -0.497 e. The van der Waals surface area contributed by atoms with Crippen LogP contribution in [0.15, 0.2) is 54.6 Å². The Morgan fingerprint density at radius 3 is 2.38 bits per heavy atom. The lowest BCUT2D eigenvalue weighted by molar-refractivity contribution is -0.141. The maximum absolute atomic E-state index is 13.2. The van der Waals surface area contributed by atoms with Gasteiger partial charge in [-0.05, 0) is 56.0 Å². The third kappa shape index (κ3) is 7.91. The van der Waals surface area contributed by atoms with Gasteiger partial charge in [0.25, 0.3) is 0 Å². The number of carbonyl (C=O) groups is 2. The Kier molecular flexibility index (Phi) is 10.6. The summed E-state index contributed by atoms with van der Waals surface area (Å²) in [5.74, 6) is 1.34. The van der Waals surface area contributed by atoms with E-state index in [1.54, 1.807) is 12.0 Å². The number of carbonyl (C=O) groups excluding carboxylic acids is 2.